The topological polar surface area (TPSA) is 67.9 Å². The molecule has 130 valence electrons. The fourth-order valence-electron chi connectivity index (χ4n) is 2.70. The molecule has 1 heterocycles. The fraction of sp³-hybridized carbons (Fsp3) is 0.263. The minimum atomic E-state index is -0.282. The van der Waals surface area contributed by atoms with Gasteiger partial charge >= 0.3 is 0 Å². The van der Waals surface area contributed by atoms with Crippen molar-refractivity contribution >= 4 is 23.2 Å². The van der Waals surface area contributed by atoms with Gasteiger partial charge in [-0.25, -0.2) is 0 Å². The van der Waals surface area contributed by atoms with Gasteiger partial charge in [0.1, 0.15) is 19.8 Å². The summed E-state index contributed by atoms with van der Waals surface area (Å²) in [6, 6.07) is 12.7. The molecule has 6 heteroatoms. The highest BCUT2D eigenvalue weighted by Crippen LogP contribution is 2.32. The number of carbonyl (C=O) groups excluding carboxylic acids is 2. The highest BCUT2D eigenvalue weighted by Gasteiger charge is 2.18. The second-order valence-electron chi connectivity index (χ2n) is 5.80. The third-order valence-electron chi connectivity index (χ3n) is 3.91. The van der Waals surface area contributed by atoms with Crippen LogP contribution in [0.2, 0.25) is 0 Å². The Kier molecular flexibility index (Phi) is 4.88. The maximum atomic E-state index is 12.4. The summed E-state index contributed by atoms with van der Waals surface area (Å²) in [6.07, 6.45) is 0. The molecule has 1 aliphatic heterocycles. The zero-order valence-corrected chi connectivity index (χ0v) is 14.2. The van der Waals surface area contributed by atoms with Crippen LogP contribution >= 0.6 is 0 Å². The lowest BCUT2D eigenvalue weighted by Gasteiger charge is -2.23. The third kappa shape index (κ3) is 3.91. The molecule has 0 saturated carbocycles. The van der Waals surface area contributed by atoms with Crippen molar-refractivity contribution in [1.82, 2.24) is 0 Å². The number of rotatable bonds is 4. The van der Waals surface area contributed by atoms with E-state index in [2.05, 4.69) is 5.32 Å². The fourth-order valence-corrected chi connectivity index (χ4v) is 2.70. The van der Waals surface area contributed by atoms with Crippen molar-refractivity contribution in [3.63, 3.8) is 0 Å². The van der Waals surface area contributed by atoms with Crippen LogP contribution in [0.25, 0.3) is 0 Å². The quantitative estimate of drug-likeness (QED) is 0.929. The van der Waals surface area contributed by atoms with Gasteiger partial charge in [-0.1, -0.05) is 18.2 Å². The van der Waals surface area contributed by atoms with E-state index in [0.29, 0.717) is 30.4 Å². The van der Waals surface area contributed by atoms with Gasteiger partial charge in [-0.2, -0.15) is 0 Å². The summed E-state index contributed by atoms with van der Waals surface area (Å²) in [7, 11) is 0. The first kappa shape index (κ1) is 16.8. The molecule has 2 aromatic rings. The van der Waals surface area contributed by atoms with Crippen LogP contribution in [0.5, 0.6) is 11.5 Å². The van der Waals surface area contributed by atoms with Gasteiger partial charge in [-0.3, -0.25) is 9.59 Å². The van der Waals surface area contributed by atoms with Crippen LogP contribution in [0.1, 0.15) is 12.5 Å². The minimum absolute atomic E-state index is 0.0609. The first-order valence-corrected chi connectivity index (χ1v) is 8.08. The first-order valence-electron chi connectivity index (χ1n) is 8.08. The monoisotopic (exact) mass is 340 g/mol. The summed E-state index contributed by atoms with van der Waals surface area (Å²) >= 11 is 0. The molecule has 0 radical (unpaired) electrons. The summed E-state index contributed by atoms with van der Waals surface area (Å²) in [5.41, 5.74) is 2.26. The lowest BCUT2D eigenvalue weighted by atomic mass is 10.2. The molecule has 0 fully saturated rings. The third-order valence-corrected chi connectivity index (χ3v) is 3.91. The number of para-hydroxylation sites is 1. The van der Waals surface area contributed by atoms with Crippen molar-refractivity contribution < 1.29 is 19.1 Å². The van der Waals surface area contributed by atoms with E-state index in [4.69, 9.17) is 9.47 Å². The Morgan fingerprint density at radius 1 is 1.08 bits per heavy atom. The lowest BCUT2D eigenvalue weighted by molar-refractivity contribution is -0.120. The molecular formula is C19H20N2O4. The van der Waals surface area contributed by atoms with Crippen LogP contribution in [0, 0.1) is 6.92 Å². The van der Waals surface area contributed by atoms with Crippen molar-refractivity contribution in [2.75, 3.05) is 30.0 Å². The number of hydrogen-bond acceptors (Lipinski definition) is 4. The Hall–Kier alpha value is -3.02. The van der Waals surface area contributed by atoms with E-state index in [1.807, 2.05) is 31.2 Å². The van der Waals surface area contributed by atoms with E-state index >= 15 is 0 Å². The number of benzene rings is 2. The second-order valence-corrected chi connectivity index (χ2v) is 5.80. The van der Waals surface area contributed by atoms with Crippen LogP contribution in [-0.2, 0) is 9.59 Å². The van der Waals surface area contributed by atoms with Crippen molar-refractivity contribution in [2.24, 2.45) is 0 Å². The summed E-state index contributed by atoms with van der Waals surface area (Å²) < 4.78 is 11.0. The van der Waals surface area contributed by atoms with Gasteiger partial charge in [-0.05, 0) is 30.7 Å². The standard InChI is InChI=1S/C19H20N2O4/c1-13-5-3-4-6-16(13)21(14(2)22)12-19(23)20-15-7-8-17-18(11-15)25-10-9-24-17/h3-8,11H,9-10,12H2,1-2H3,(H,20,23). The minimum Gasteiger partial charge on any atom is -0.486 e. The van der Waals surface area contributed by atoms with E-state index in [1.54, 1.807) is 18.2 Å². The number of ether oxygens (including phenoxy) is 2. The van der Waals surface area contributed by atoms with Crippen molar-refractivity contribution in [3.8, 4) is 11.5 Å². The number of aryl methyl sites for hydroxylation is 1. The number of hydrogen-bond donors (Lipinski definition) is 1. The zero-order valence-electron chi connectivity index (χ0n) is 14.2. The number of fused-ring (bicyclic) bond motifs is 1. The van der Waals surface area contributed by atoms with Gasteiger partial charge in [0, 0.05) is 24.4 Å². The van der Waals surface area contributed by atoms with Gasteiger partial charge < -0.3 is 19.7 Å². The van der Waals surface area contributed by atoms with E-state index in [0.717, 1.165) is 11.3 Å². The van der Waals surface area contributed by atoms with Crippen molar-refractivity contribution in [2.45, 2.75) is 13.8 Å². The number of amides is 2. The predicted octanol–water partition coefficient (Wildman–Crippen LogP) is 2.76. The molecule has 0 unspecified atom stereocenters. The predicted molar refractivity (Wildman–Crippen MR) is 95.3 cm³/mol. The van der Waals surface area contributed by atoms with Gasteiger partial charge in [0.05, 0.1) is 0 Å². The molecule has 2 aromatic carbocycles. The van der Waals surface area contributed by atoms with Crippen LogP contribution in [0.15, 0.2) is 42.5 Å². The molecule has 6 nitrogen and oxygen atoms in total. The molecule has 1 N–H and O–H groups in total. The van der Waals surface area contributed by atoms with Crippen LogP contribution < -0.4 is 19.7 Å². The van der Waals surface area contributed by atoms with Crippen LogP contribution in [-0.4, -0.2) is 31.6 Å². The Balaban J connectivity index is 1.72. The molecular weight excluding hydrogens is 320 g/mol. The van der Waals surface area contributed by atoms with Crippen LogP contribution in [0.3, 0.4) is 0 Å². The van der Waals surface area contributed by atoms with Crippen molar-refractivity contribution in [1.29, 1.82) is 0 Å². The number of anilines is 2. The summed E-state index contributed by atoms with van der Waals surface area (Å²) in [5, 5.41) is 2.80. The lowest BCUT2D eigenvalue weighted by Crippen LogP contribution is -2.37. The molecule has 0 aliphatic carbocycles. The highest BCUT2D eigenvalue weighted by atomic mass is 16.6. The molecule has 2 amide bonds. The van der Waals surface area contributed by atoms with E-state index in [1.165, 1.54) is 11.8 Å². The molecule has 0 atom stereocenters. The van der Waals surface area contributed by atoms with Crippen LogP contribution in [0.4, 0.5) is 11.4 Å². The van der Waals surface area contributed by atoms with Gasteiger partial charge in [-0.15, -0.1) is 0 Å². The first-order chi connectivity index (χ1) is 12.0. The highest BCUT2D eigenvalue weighted by molar-refractivity contribution is 6.02. The smallest absolute Gasteiger partial charge is 0.244 e. The zero-order chi connectivity index (χ0) is 17.8. The largest absolute Gasteiger partial charge is 0.486 e. The van der Waals surface area contributed by atoms with Crippen molar-refractivity contribution in [3.05, 3.63) is 48.0 Å². The molecule has 25 heavy (non-hydrogen) atoms. The summed E-state index contributed by atoms with van der Waals surface area (Å²) in [5.74, 6) is 0.794. The number of carbonyl (C=O) groups is 2. The number of nitrogens with zero attached hydrogens (tertiary/aromatic N) is 1. The van der Waals surface area contributed by atoms with E-state index in [9.17, 15) is 9.59 Å². The summed E-state index contributed by atoms with van der Waals surface area (Å²) in [4.78, 5) is 25.8. The molecule has 1 aliphatic rings. The van der Waals surface area contributed by atoms with Gasteiger partial charge in [0.25, 0.3) is 0 Å². The maximum absolute atomic E-state index is 12.4. The average molecular weight is 340 g/mol. The average Bonchev–Trinajstić information content (AvgIpc) is 2.60. The second kappa shape index (κ2) is 7.25. The molecule has 3 rings (SSSR count). The Bertz CT molecular complexity index is 804. The van der Waals surface area contributed by atoms with E-state index in [-0.39, 0.29) is 18.4 Å². The van der Waals surface area contributed by atoms with Gasteiger partial charge in [0.2, 0.25) is 11.8 Å². The maximum Gasteiger partial charge on any atom is 0.244 e. The normalized spacial score (nSPS) is 12.4. The Morgan fingerprint density at radius 3 is 2.52 bits per heavy atom. The number of nitrogens with one attached hydrogen (secondary N) is 1. The van der Waals surface area contributed by atoms with Gasteiger partial charge in [0.15, 0.2) is 11.5 Å². The summed E-state index contributed by atoms with van der Waals surface area (Å²) in [6.45, 7) is 4.29. The van der Waals surface area contributed by atoms with E-state index < -0.39 is 0 Å². The molecule has 0 saturated heterocycles. The molecule has 0 aromatic heterocycles. The Morgan fingerprint density at radius 2 is 1.80 bits per heavy atom. The SMILES string of the molecule is CC(=O)N(CC(=O)Nc1ccc2c(c1)OCCO2)c1ccccc1C. The molecule has 0 spiro atoms. The molecule has 0 bridgehead atoms. The Labute approximate surface area is 146 Å².